The average molecular weight is 465 g/mol. The quantitative estimate of drug-likeness (QED) is 0.592. The Bertz CT molecular complexity index is 1220. The molecule has 0 aliphatic carbocycles. The normalized spacial score (nSPS) is 17.6. The largest absolute Gasteiger partial charge is 0.321 e. The summed E-state index contributed by atoms with van der Waals surface area (Å²) in [6, 6.07) is 8.13. The molecule has 1 N–H and O–H groups in total. The van der Waals surface area contributed by atoms with E-state index in [1.54, 1.807) is 0 Å². The highest BCUT2D eigenvalue weighted by atomic mass is 32.1. The summed E-state index contributed by atoms with van der Waals surface area (Å²) in [7, 11) is 0. The third kappa shape index (κ3) is 4.62. The predicted octanol–water partition coefficient (Wildman–Crippen LogP) is 4.98. The number of hydrogen-bond acceptors (Lipinski definition) is 5. The highest BCUT2D eigenvalue weighted by molar-refractivity contribution is 7.20. The van der Waals surface area contributed by atoms with E-state index in [2.05, 4.69) is 29.3 Å². The summed E-state index contributed by atoms with van der Waals surface area (Å²) in [4.78, 5) is 34.8. The molecule has 0 saturated carbocycles. The van der Waals surface area contributed by atoms with Crippen molar-refractivity contribution in [1.82, 2.24) is 14.5 Å². The van der Waals surface area contributed by atoms with E-state index in [-0.39, 0.29) is 11.5 Å². The van der Waals surface area contributed by atoms with Crippen LogP contribution in [-0.4, -0.2) is 33.4 Å². The Hall–Kier alpha value is -2.51. The van der Waals surface area contributed by atoms with Gasteiger partial charge >= 0.3 is 0 Å². The topological polar surface area (TPSA) is 67.2 Å². The molecule has 174 valence electrons. The van der Waals surface area contributed by atoms with Gasteiger partial charge in [-0.3, -0.25) is 19.1 Å². The molecule has 1 fully saturated rings. The summed E-state index contributed by atoms with van der Waals surface area (Å²) in [6.45, 7) is 8.18. The SMILES string of the molecule is Cc1c(C(=O)Nc2ccc(CN3CCC(C)CC3)cc2)sc2nc3n(c(=O)c12)CCCCC3. The zero-order valence-corrected chi connectivity index (χ0v) is 20.3. The van der Waals surface area contributed by atoms with Crippen molar-refractivity contribution in [3.63, 3.8) is 0 Å². The Morgan fingerprint density at radius 2 is 1.88 bits per heavy atom. The van der Waals surface area contributed by atoms with Crippen LogP contribution in [0, 0.1) is 12.8 Å². The van der Waals surface area contributed by atoms with Crippen LogP contribution in [0.3, 0.4) is 0 Å². The molecule has 5 rings (SSSR count). The number of amides is 1. The minimum absolute atomic E-state index is 0.00107. The zero-order valence-electron chi connectivity index (χ0n) is 19.5. The lowest BCUT2D eigenvalue weighted by molar-refractivity contribution is 0.103. The van der Waals surface area contributed by atoms with Crippen molar-refractivity contribution in [2.75, 3.05) is 18.4 Å². The number of fused-ring (bicyclic) bond motifs is 2. The molecule has 2 aliphatic heterocycles. The summed E-state index contributed by atoms with van der Waals surface area (Å²) in [5.41, 5.74) is 2.77. The smallest absolute Gasteiger partial charge is 0.266 e. The van der Waals surface area contributed by atoms with Gasteiger partial charge < -0.3 is 5.32 Å². The maximum Gasteiger partial charge on any atom is 0.266 e. The van der Waals surface area contributed by atoms with Gasteiger partial charge in [-0.05, 0) is 74.9 Å². The number of aromatic nitrogens is 2. The standard InChI is InChI=1S/C26H32N4O2S/c1-17-11-14-29(15-12-17)16-19-7-9-20(10-8-19)27-24(31)23-18(2)22-25(33-23)28-21-6-4-3-5-13-30(21)26(22)32/h7-10,17H,3-6,11-16H2,1-2H3,(H,27,31). The molecule has 4 heterocycles. The van der Waals surface area contributed by atoms with Crippen molar-refractivity contribution >= 4 is 33.1 Å². The van der Waals surface area contributed by atoms with Crippen LogP contribution in [-0.2, 0) is 19.5 Å². The predicted molar refractivity (Wildman–Crippen MR) is 134 cm³/mol. The Morgan fingerprint density at radius 1 is 1.12 bits per heavy atom. The van der Waals surface area contributed by atoms with Crippen LogP contribution in [0.1, 0.15) is 65.7 Å². The number of thiophene rings is 1. The van der Waals surface area contributed by atoms with Gasteiger partial charge in [0.25, 0.3) is 11.5 Å². The van der Waals surface area contributed by atoms with Gasteiger partial charge in [-0.1, -0.05) is 25.5 Å². The molecule has 0 bridgehead atoms. The first-order valence-corrected chi connectivity index (χ1v) is 13.0. The van der Waals surface area contributed by atoms with Crippen molar-refractivity contribution in [3.05, 3.63) is 56.4 Å². The molecular weight excluding hydrogens is 432 g/mol. The minimum Gasteiger partial charge on any atom is -0.321 e. The van der Waals surface area contributed by atoms with Crippen LogP contribution in [0.25, 0.3) is 10.2 Å². The first-order chi connectivity index (χ1) is 16.0. The van der Waals surface area contributed by atoms with Gasteiger partial charge in [0.2, 0.25) is 0 Å². The molecule has 2 aliphatic rings. The van der Waals surface area contributed by atoms with Crippen molar-refractivity contribution in [3.8, 4) is 0 Å². The molecule has 0 radical (unpaired) electrons. The molecular formula is C26H32N4O2S. The maximum atomic E-state index is 13.2. The van der Waals surface area contributed by atoms with Crippen molar-refractivity contribution in [2.45, 2.75) is 65.5 Å². The molecule has 33 heavy (non-hydrogen) atoms. The number of aryl methyl sites for hydroxylation is 2. The monoisotopic (exact) mass is 464 g/mol. The van der Waals surface area contributed by atoms with E-state index in [0.29, 0.717) is 15.1 Å². The second kappa shape index (κ2) is 9.39. The van der Waals surface area contributed by atoms with Crippen LogP contribution < -0.4 is 10.9 Å². The van der Waals surface area contributed by atoms with Crippen LogP contribution in [0.2, 0.25) is 0 Å². The van der Waals surface area contributed by atoms with E-state index in [1.165, 1.54) is 29.7 Å². The number of anilines is 1. The molecule has 3 aromatic rings. The van der Waals surface area contributed by atoms with E-state index >= 15 is 0 Å². The first-order valence-electron chi connectivity index (χ1n) is 12.1. The molecule has 0 spiro atoms. The number of rotatable bonds is 4. The number of benzene rings is 1. The second-order valence-electron chi connectivity index (χ2n) is 9.64. The molecule has 1 amide bonds. The Balaban J connectivity index is 1.32. The van der Waals surface area contributed by atoms with Gasteiger partial charge in [0.15, 0.2) is 0 Å². The molecule has 2 aromatic heterocycles. The Kier molecular flexibility index (Phi) is 6.34. The van der Waals surface area contributed by atoms with E-state index < -0.39 is 0 Å². The molecule has 7 heteroatoms. The second-order valence-corrected chi connectivity index (χ2v) is 10.6. The summed E-state index contributed by atoms with van der Waals surface area (Å²) in [5, 5.41) is 3.62. The highest BCUT2D eigenvalue weighted by Gasteiger charge is 2.22. The minimum atomic E-state index is -0.173. The van der Waals surface area contributed by atoms with Gasteiger partial charge in [0, 0.05) is 25.2 Å². The Morgan fingerprint density at radius 3 is 2.64 bits per heavy atom. The summed E-state index contributed by atoms with van der Waals surface area (Å²) in [5.74, 6) is 1.52. The number of nitrogens with one attached hydrogen (secondary N) is 1. The van der Waals surface area contributed by atoms with Crippen molar-refractivity contribution in [2.24, 2.45) is 5.92 Å². The summed E-state index contributed by atoms with van der Waals surface area (Å²) >= 11 is 1.33. The van der Waals surface area contributed by atoms with Gasteiger partial charge in [-0.2, -0.15) is 0 Å². The summed E-state index contributed by atoms with van der Waals surface area (Å²) in [6.07, 6.45) is 6.55. The van der Waals surface area contributed by atoms with Crippen LogP contribution in [0.5, 0.6) is 0 Å². The fraction of sp³-hybridized carbons (Fsp3) is 0.500. The molecule has 6 nitrogen and oxygen atoms in total. The van der Waals surface area contributed by atoms with Gasteiger partial charge in [0.05, 0.1) is 10.3 Å². The third-order valence-electron chi connectivity index (χ3n) is 7.11. The molecule has 1 aromatic carbocycles. The van der Waals surface area contributed by atoms with Crippen LogP contribution in [0.15, 0.2) is 29.1 Å². The zero-order chi connectivity index (χ0) is 22.9. The summed E-state index contributed by atoms with van der Waals surface area (Å²) < 4.78 is 1.82. The highest BCUT2D eigenvalue weighted by Crippen LogP contribution is 2.29. The maximum absolute atomic E-state index is 13.2. The number of nitrogens with zero attached hydrogens (tertiary/aromatic N) is 3. The van der Waals surface area contributed by atoms with E-state index in [4.69, 9.17) is 4.98 Å². The molecule has 0 unspecified atom stereocenters. The number of carbonyl (C=O) groups excluding carboxylic acids is 1. The number of carbonyl (C=O) groups is 1. The fourth-order valence-electron chi connectivity index (χ4n) is 4.99. The lowest BCUT2D eigenvalue weighted by Gasteiger charge is -2.30. The van der Waals surface area contributed by atoms with Gasteiger partial charge in [-0.15, -0.1) is 11.3 Å². The van der Waals surface area contributed by atoms with Gasteiger partial charge in [0.1, 0.15) is 10.7 Å². The molecule has 1 saturated heterocycles. The first kappa shape index (κ1) is 22.3. The Labute approximate surface area is 198 Å². The van der Waals surface area contributed by atoms with Crippen LogP contribution in [0.4, 0.5) is 5.69 Å². The molecule has 0 atom stereocenters. The van der Waals surface area contributed by atoms with Gasteiger partial charge in [-0.25, -0.2) is 4.98 Å². The van der Waals surface area contributed by atoms with Crippen molar-refractivity contribution in [1.29, 1.82) is 0 Å². The van der Waals surface area contributed by atoms with Crippen LogP contribution >= 0.6 is 11.3 Å². The van der Waals surface area contributed by atoms with E-state index in [9.17, 15) is 9.59 Å². The lowest BCUT2D eigenvalue weighted by atomic mass is 9.99. The van der Waals surface area contributed by atoms with Crippen molar-refractivity contribution < 1.29 is 4.79 Å². The number of piperidine rings is 1. The average Bonchev–Trinajstić information content (AvgIpc) is 2.97. The third-order valence-corrected chi connectivity index (χ3v) is 8.30. The lowest BCUT2D eigenvalue weighted by Crippen LogP contribution is -2.32. The number of likely N-dealkylation sites (tertiary alicyclic amines) is 1. The fourth-order valence-corrected chi connectivity index (χ4v) is 6.07. The van der Waals surface area contributed by atoms with E-state index in [1.807, 2.05) is 23.6 Å². The van der Waals surface area contributed by atoms with E-state index in [0.717, 1.165) is 74.9 Å². The number of hydrogen-bond donors (Lipinski definition) is 1.